The maximum absolute atomic E-state index is 13.5. The van der Waals surface area contributed by atoms with Crippen molar-refractivity contribution in [1.82, 2.24) is 14.5 Å². The van der Waals surface area contributed by atoms with Crippen molar-refractivity contribution >= 4 is 5.91 Å². The molecule has 1 aliphatic heterocycles. The minimum atomic E-state index is -2.97. The lowest BCUT2D eigenvalue weighted by molar-refractivity contribution is -0.136. The Labute approximate surface area is 121 Å². The fraction of sp³-hybridized carbons (Fsp3) is 0.714. The Balaban J connectivity index is 1.69. The summed E-state index contributed by atoms with van der Waals surface area (Å²) in [6, 6.07) is 0. The quantitative estimate of drug-likeness (QED) is 0.826. The number of carbonyl (C=O) groups is 1. The van der Waals surface area contributed by atoms with Gasteiger partial charge in [0.1, 0.15) is 13.2 Å². The molecule has 21 heavy (non-hydrogen) atoms. The van der Waals surface area contributed by atoms with Crippen LogP contribution in [0, 0.1) is 0 Å². The van der Waals surface area contributed by atoms with Crippen molar-refractivity contribution in [2.45, 2.75) is 38.2 Å². The summed E-state index contributed by atoms with van der Waals surface area (Å²) >= 11 is 0. The number of ether oxygens (including phenoxy) is 1. The first kappa shape index (κ1) is 14.4. The number of imidazole rings is 1. The van der Waals surface area contributed by atoms with E-state index in [0.29, 0.717) is 0 Å². The third kappa shape index (κ3) is 3.23. The number of alkyl halides is 2. The Kier molecular flexibility index (Phi) is 3.93. The number of aryl methyl sites for hydroxylation is 1. The molecule has 116 valence electrons. The van der Waals surface area contributed by atoms with Gasteiger partial charge in [0.05, 0.1) is 25.2 Å². The summed E-state index contributed by atoms with van der Waals surface area (Å²) in [4.78, 5) is 17.8. The SMILES string of the molecule is O=C(Cn1cnc2c1CCCC2)N1CCOCC(F)(F)C1. The van der Waals surface area contributed by atoms with Crippen LogP contribution in [-0.2, 0) is 28.9 Å². The van der Waals surface area contributed by atoms with Crippen LogP contribution in [-0.4, -0.2) is 52.6 Å². The minimum absolute atomic E-state index is 0.0818. The number of amides is 1. The van der Waals surface area contributed by atoms with Gasteiger partial charge in [0.15, 0.2) is 0 Å². The highest BCUT2D eigenvalue weighted by atomic mass is 19.3. The standard InChI is InChI=1S/C14H19F2N3O2/c15-14(16)8-18(5-6-21-9-14)13(20)7-19-10-17-11-3-1-2-4-12(11)19/h10H,1-9H2. The number of hydrogen-bond acceptors (Lipinski definition) is 3. The van der Waals surface area contributed by atoms with Crippen molar-refractivity contribution in [2.75, 3.05) is 26.3 Å². The summed E-state index contributed by atoms with van der Waals surface area (Å²) in [6.45, 7) is -0.729. The van der Waals surface area contributed by atoms with Crippen LogP contribution in [0.3, 0.4) is 0 Å². The fourth-order valence-electron chi connectivity index (χ4n) is 2.93. The number of hydrogen-bond donors (Lipinski definition) is 0. The first-order chi connectivity index (χ1) is 10.1. The number of nitrogens with zero attached hydrogens (tertiary/aromatic N) is 3. The Morgan fingerprint density at radius 1 is 1.38 bits per heavy atom. The molecule has 0 radical (unpaired) electrons. The molecule has 1 amide bonds. The zero-order valence-electron chi connectivity index (χ0n) is 11.9. The van der Waals surface area contributed by atoms with Crippen LogP contribution in [0.5, 0.6) is 0 Å². The van der Waals surface area contributed by atoms with Crippen LogP contribution in [0.1, 0.15) is 24.2 Å². The summed E-state index contributed by atoms with van der Waals surface area (Å²) in [7, 11) is 0. The van der Waals surface area contributed by atoms with E-state index in [1.54, 1.807) is 10.9 Å². The van der Waals surface area contributed by atoms with Crippen LogP contribution < -0.4 is 0 Å². The van der Waals surface area contributed by atoms with Crippen molar-refractivity contribution in [3.8, 4) is 0 Å². The van der Waals surface area contributed by atoms with E-state index >= 15 is 0 Å². The Morgan fingerprint density at radius 3 is 3.05 bits per heavy atom. The first-order valence-corrected chi connectivity index (χ1v) is 7.31. The number of rotatable bonds is 2. The zero-order valence-corrected chi connectivity index (χ0v) is 11.9. The van der Waals surface area contributed by atoms with Crippen molar-refractivity contribution in [3.63, 3.8) is 0 Å². The number of halogens is 2. The van der Waals surface area contributed by atoms with Gasteiger partial charge in [-0.15, -0.1) is 0 Å². The predicted octanol–water partition coefficient (Wildman–Crippen LogP) is 1.26. The molecule has 2 aliphatic rings. The largest absolute Gasteiger partial charge is 0.373 e. The molecule has 7 heteroatoms. The molecule has 0 unspecified atom stereocenters. The third-order valence-electron chi connectivity index (χ3n) is 4.01. The predicted molar refractivity (Wildman–Crippen MR) is 71.2 cm³/mol. The van der Waals surface area contributed by atoms with Gasteiger partial charge < -0.3 is 14.2 Å². The average Bonchev–Trinajstić information content (AvgIpc) is 2.75. The molecule has 0 atom stereocenters. The molecule has 0 saturated carbocycles. The molecule has 2 heterocycles. The average molecular weight is 299 g/mol. The summed E-state index contributed by atoms with van der Waals surface area (Å²) in [5, 5.41) is 0. The highest BCUT2D eigenvalue weighted by Gasteiger charge is 2.36. The van der Waals surface area contributed by atoms with Crippen molar-refractivity contribution in [1.29, 1.82) is 0 Å². The maximum Gasteiger partial charge on any atom is 0.288 e. The highest BCUT2D eigenvalue weighted by Crippen LogP contribution is 2.21. The van der Waals surface area contributed by atoms with Crippen LogP contribution in [0.2, 0.25) is 0 Å². The van der Waals surface area contributed by atoms with Gasteiger partial charge in [-0.2, -0.15) is 0 Å². The lowest BCUT2D eigenvalue weighted by Crippen LogP contribution is -2.42. The van der Waals surface area contributed by atoms with E-state index in [1.165, 1.54) is 4.90 Å². The monoisotopic (exact) mass is 299 g/mol. The van der Waals surface area contributed by atoms with Crippen LogP contribution >= 0.6 is 0 Å². The Morgan fingerprint density at radius 2 is 2.19 bits per heavy atom. The molecular formula is C14H19F2N3O2. The third-order valence-corrected chi connectivity index (χ3v) is 4.01. The smallest absolute Gasteiger partial charge is 0.288 e. The minimum Gasteiger partial charge on any atom is -0.373 e. The van der Waals surface area contributed by atoms with Gasteiger partial charge in [0, 0.05) is 12.2 Å². The Bertz CT molecular complexity index is 530. The summed E-state index contributed by atoms with van der Waals surface area (Å²) in [6.07, 6.45) is 5.70. The van der Waals surface area contributed by atoms with Gasteiger partial charge in [0.25, 0.3) is 5.92 Å². The van der Waals surface area contributed by atoms with Gasteiger partial charge >= 0.3 is 0 Å². The molecule has 3 rings (SSSR count). The molecule has 1 aliphatic carbocycles. The van der Waals surface area contributed by atoms with Crippen LogP contribution in [0.4, 0.5) is 8.78 Å². The normalized spacial score (nSPS) is 21.7. The highest BCUT2D eigenvalue weighted by molar-refractivity contribution is 5.76. The topological polar surface area (TPSA) is 47.4 Å². The van der Waals surface area contributed by atoms with E-state index in [0.717, 1.165) is 37.1 Å². The molecule has 1 saturated heterocycles. The van der Waals surface area contributed by atoms with Gasteiger partial charge in [-0.3, -0.25) is 4.79 Å². The first-order valence-electron chi connectivity index (χ1n) is 7.31. The number of aromatic nitrogens is 2. The van der Waals surface area contributed by atoms with E-state index in [2.05, 4.69) is 4.98 Å². The van der Waals surface area contributed by atoms with E-state index in [9.17, 15) is 13.6 Å². The molecule has 1 fully saturated rings. The summed E-state index contributed by atoms with van der Waals surface area (Å²) in [5.41, 5.74) is 2.12. The lowest BCUT2D eigenvalue weighted by Gasteiger charge is -2.24. The maximum atomic E-state index is 13.5. The second-order valence-electron chi connectivity index (χ2n) is 5.70. The van der Waals surface area contributed by atoms with E-state index in [-0.39, 0.29) is 25.6 Å². The number of carbonyl (C=O) groups excluding carboxylic acids is 1. The van der Waals surface area contributed by atoms with Crippen molar-refractivity contribution in [3.05, 3.63) is 17.7 Å². The molecule has 0 aromatic carbocycles. The molecule has 0 N–H and O–H groups in total. The zero-order chi connectivity index (χ0) is 14.9. The van der Waals surface area contributed by atoms with E-state index in [4.69, 9.17) is 4.74 Å². The lowest BCUT2D eigenvalue weighted by atomic mass is 10.0. The fourth-order valence-corrected chi connectivity index (χ4v) is 2.93. The molecule has 0 spiro atoms. The second-order valence-corrected chi connectivity index (χ2v) is 5.70. The van der Waals surface area contributed by atoms with E-state index in [1.807, 2.05) is 0 Å². The molecule has 5 nitrogen and oxygen atoms in total. The van der Waals surface area contributed by atoms with E-state index < -0.39 is 19.1 Å². The Hall–Kier alpha value is -1.50. The molecular weight excluding hydrogens is 280 g/mol. The second kappa shape index (κ2) is 5.71. The van der Waals surface area contributed by atoms with Gasteiger partial charge in [-0.1, -0.05) is 0 Å². The molecule has 1 aromatic rings. The van der Waals surface area contributed by atoms with Gasteiger partial charge in [0.2, 0.25) is 5.91 Å². The summed E-state index contributed by atoms with van der Waals surface area (Å²) in [5.74, 6) is -3.27. The molecule has 1 aromatic heterocycles. The van der Waals surface area contributed by atoms with Gasteiger partial charge in [-0.05, 0) is 25.7 Å². The van der Waals surface area contributed by atoms with Crippen LogP contribution in [0.15, 0.2) is 6.33 Å². The molecule has 0 bridgehead atoms. The summed E-state index contributed by atoms with van der Waals surface area (Å²) < 4.78 is 33.6. The van der Waals surface area contributed by atoms with Crippen molar-refractivity contribution < 1.29 is 18.3 Å². The van der Waals surface area contributed by atoms with Crippen molar-refractivity contribution in [2.24, 2.45) is 0 Å². The number of fused-ring (bicyclic) bond motifs is 1. The van der Waals surface area contributed by atoms with Crippen LogP contribution in [0.25, 0.3) is 0 Å². The van der Waals surface area contributed by atoms with Gasteiger partial charge in [-0.25, -0.2) is 13.8 Å².